The van der Waals surface area contributed by atoms with Crippen LogP contribution in [0, 0.1) is 5.92 Å². The fraction of sp³-hybridized carbons (Fsp3) is 0.385. The lowest BCUT2D eigenvalue weighted by atomic mass is 9.86. The highest BCUT2D eigenvalue weighted by Gasteiger charge is 2.19. The van der Waals surface area contributed by atoms with Crippen LogP contribution in [-0.4, -0.2) is 0 Å². The highest BCUT2D eigenvalue weighted by molar-refractivity contribution is 5.67. The fourth-order valence-electron chi connectivity index (χ4n) is 2.05. The highest BCUT2D eigenvalue weighted by atomic mass is 19.1. The Morgan fingerprint density at radius 2 is 1.86 bits per heavy atom. The van der Waals surface area contributed by atoms with Gasteiger partial charge < -0.3 is 0 Å². The second-order valence-electron chi connectivity index (χ2n) is 4.15. The Morgan fingerprint density at radius 3 is 2.57 bits per heavy atom. The third-order valence-corrected chi connectivity index (χ3v) is 2.90. The number of benzene rings is 1. The van der Waals surface area contributed by atoms with Crippen molar-refractivity contribution in [2.45, 2.75) is 26.7 Å². The summed E-state index contributed by atoms with van der Waals surface area (Å²) < 4.78 is 14.0. The fourth-order valence-corrected chi connectivity index (χ4v) is 2.05. The van der Waals surface area contributed by atoms with Gasteiger partial charge in [0.15, 0.2) is 0 Å². The number of hydrogen-bond donors (Lipinski definition) is 0. The molecule has 0 spiro atoms. The zero-order chi connectivity index (χ0) is 10.1. The molecule has 0 heterocycles. The SMILES string of the molecule is CC(C)C1=C(F)c2ccccc2CC1. The first-order valence-electron chi connectivity index (χ1n) is 5.17. The Balaban J connectivity index is 2.51. The van der Waals surface area contributed by atoms with Crippen molar-refractivity contribution >= 4 is 5.83 Å². The molecule has 1 aliphatic rings. The second kappa shape index (κ2) is 3.56. The summed E-state index contributed by atoms with van der Waals surface area (Å²) in [6, 6.07) is 7.78. The Morgan fingerprint density at radius 1 is 1.14 bits per heavy atom. The van der Waals surface area contributed by atoms with Crippen LogP contribution in [0.5, 0.6) is 0 Å². The van der Waals surface area contributed by atoms with Gasteiger partial charge in [0.2, 0.25) is 0 Å². The molecule has 0 unspecified atom stereocenters. The van der Waals surface area contributed by atoms with Crippen LogP contribution < -0.4 is 0 Å². The number of hydrogen-bond acceptors (Lipinski definition) is 0. The predicted octanol–water partition coefficient (Wildman–Crippen LogP) is 3.97. The lowest BCUT2D eigenvalue weighted by Gasteiger charge is -2.20. The molecule has 74 valence electrons. The van der Waals surface area contributed by atoms with Crippen molar-refractivity contribution in [2.75, 3.05) is 0 Å². The van der Waals surface area contributed by atoms with Gasteiger partial charge in [-0.3, -0.25) is 0 Å². The lowest BCUT2D eigenvalue weighted by molar-refractivity contribution is 0.646. The van der Waals surface area contributed by atoms with E-state index in [0.29, 0.717) is 5.92 Å². The summed E-state index contributed by atoms with van der Waals surface area (Å²) in [5.41, 5.74) is 2.93. The average molecular weight is 190 g/mol. The molecular weight excluding hydrogens is 175 g/mol. The largest absolute Gasteiger partial charge is 0.206 e. The smallest absolute Gasteiger partial charge is 0.130 e. The van der Waals surface area contributed by atoms with Gasteiger partial charge in [-0.05, 0) is 29.9 Å². The molecule has 0 nitrogen and oxygen atoms in total. The van der Waals surface area contributed by atoms with E-state index in [1.807, 2.05) is 24.3 Å². The van der Waals surface area contributed by atoms with E-state index in [9.17, 15) is 4.39 Å². The molecule has 0 saturated heterocycles. The maximum Gasteiger partial charge on any atom is 0.130 e. The molecule has 0 atom stereocenters. The van der Waals surface area contributed by atoms with E-state index >= 15 is 0 Å². The number of rotatable bonds is 1. The van der Waals surface area contributed by atoms with E-state index in [2.05, 4.69) is 13.8 Å². The molecule has 0 saturated carbocycles. The monoisotopic (exact) mass is 190 g/mol. The van der Waals surface area contributed by atoms with Crippen molar-refractivity contribution < 1.29 is 4.39 Å². The minimum Gasteiger partial charge on any atom is -0.206 e. The molecule has 1 heteroatoms. The van der Waals surface area contributed by atoms with Crippen molar-refractivity contribution in [3.05, 3.63) is 41.0 Å². The average Bonchev–Trinajstić information content (AvgIpc) is 2.18. The van der Waals surface area contributed by atoms with E-state index < -0.39 is 0 Å². The van der Waals surface area contributed by atoms with Crippen LogP contribution >= 0.6 is 0 Å². The summed E-state index contributed by atoms with van der Waals surface area (Å²) in [5.74, 6) is 0.338. The van der Waals surface area contributed by atoms with Gasteiger partial charge in [-0.1, -0.05) is 38.1 Å². The zero-order valence-electron chi connectivity index (χ0n) is 8.68. The summed E-state index contributed by atoms with van der Waals surface area (Å²) in [5, 5.41) is 0. The van der Waals surface area contributed by atoms with Crippen LogP contribution in [0.1, 0.15) is 31.4 Å². The minimum atomic E-state index is 0.0156. The van der Waals surface area contributed by atoms with Crippen molar-refractivity contribution in [2.24, 2.45) is 5.92 Å². The molecule has 1 aromatic carbocycles. The summed E-state index contributed by atoms with van der Waals surface area (Å²) in [6.45, 7) is 4.12. The molecule has 0 fully saturated rings. The number of aryl methyl sites for hydroxylation is 1. The van der Waals surface area contributed by atoms with Gasteiger partial charge in [0.25, 0.3) is 0 Å². The van der Waals surface area contributed by atoms with Gasteiger partial charge in [0, 0.05) is 5.56 Å². The standard InChI is InChI=1S/C13H15F/c1-9(2)11-8-7-10-5-3-4-6-12(10)13(11)14/h3-6,9H,7-8H2,1-2H3. The Labute approximate surface area is 84.5 Å². The van der Waals surface area contributed by atoms with E-state index in [1.165, 1.54) is 0 Å². The van der Waals surface area contributed by atoms with E-state index in [0.717, 1.165) is 29.5 Å². The van der Waals surface area contributed by atoms with Crippen LogP contribution in [0.15, 0.2) is 29.8 Å². The molecule has 1 aliphatic carbocycles. The first-order chi connectivity index (χ1) is 6.70. The van der Waals surface area contributed by atoms with Crippen LogP contribution in [0.25, 0.3) is 5.83 Å². The van der Waals surface area contributed by atoms with Crippen molar-refractivity contribution in [3.8, 4) is 0 Å². The molecule has 0 radical (unpaired) electrons. The van der Waals surface area contributed by atoms with Gasteiger partial charge >= 0.3 is 0 Å². The molecule has 0 amide bonds. The van der Waals surface area contributed by atoms with Gasteiger partial charge in [-0.2, -0.15) is 0 Å². The van der Waals surface area contributed by atoms with E-state index in [4.69, 9.17) is 0 Å². The van der Waals surface area contributed by atoms with Gasteiger partial charge in [0.1, 0.15) is 5.83 Å². The molecule has 0 N–H and O–H groups in total. The summed E-state index contributed by atoms with van der Waals surface area (Å²) >= 11 is 0. The van der Waals surface area contributed by atoms with Crippen LogP contribution in [0.4, 0.5) is 4.39 Å². The summed E-state index contributed by atoms with van der Waals surface area (Å²) in [4.78, 5) is 0. The highest BCUT2D eigenvalue weighted by Crippen LogP contribution is 2.35. The Hall–Kier alpha value is -1.11. The number of fused-ring (bicyclic) bond motifs is 1. The normalized spacial score (nSPS) is 16.0. The third-order valence-electron chi connectivity index (χ3n) is 2.90. The topological polar surface area (TPSA) is 0 Å². The van der Waals surface area contributed by atoms with Crippen molar-refractivity contribution in [3.63, 3.8) is 0 Å². The minimum absolute atomic E-state index is 0.0156. The van der Waals surface area contributed by atoms with Crippen molar-refractivity contribution in [1.29, 1.82) is 0 Å². The Bertz CT molecular complexity index is 375. The third kappa shape index (κ3) is 1.47. The number of halogens is 1. The van der Waals surface area contributed by atoms with E-state index in [1.54, 1.807) is 0 Å². The maximum atomic E-state index is 14.0. The quantitative estimate of drug-likeness (QED) is 0.628. The van der Waals surface area contributed by atoms with Gasteiger partial charge in [0.05, 0.1) is 0 Å². The molecule has 1 aromatic rings. The first kappa shape index (κ1) is 9.45. The molecule has 0 bridgehead atoms. The molecule has 0 aromatic heterocycles. The maximum absolute atomic E-state index is 14.0. The second-order valence-corrected chi connectivity index (χ2v) is 4.15. The van der Waals surface area contributed by atoms with Crippen LogP contribution in [0.2, 0.25) is 0 Å². The molecule has 0 aliphatic heterocycles. The summed E-state index contributed by atoms with van der Waals surface area (Å²) in [7, 11) is 0. The van der Waals surface area contributed by atoms with Crippen molar-refractivity contribution in [1.82, 2.24) is 0 Å². The van der Waals surface area contributed by atoms with Crippen LogP contribution in [-0.2, 0) is 6.42 Å². The zero-order valence-corrected chi connectivity index (χ0v) is 8.68. The van der Waals surface area contributed by atoms with Gasteiger partial charge in [-0.25, -0.2) is 4.39 Å². The molecule has 2 rings (SSSR count). The first-order valence-corrected chi connectivity index (χ1v) is 5.17. The predicted molar refractivity (Wildman–Crippen MR) is 57.6 cm³/mol. The molecular formula is C13H15F. The lowest BCUT2D eigenvalue weighted by Crippen LogP contribution is -2.06. The number of allylic oxidation sites excluding steroid dienone is 1. The molecule has 14 heavy (non-hydrogen) atoms. The van der Waals surface area contributed by atoms with E-state index in [-0.39, 0.29) is 5.83 Å². The van der Waals surface area contributed by atoms with Gasteiger partial charge in [-0.15, -0.1) is 0 Å². The Kier molecular flexibility index (Phi) is 2.40. The summed E-state index contributed by atoms with van der Waals surface area (Å²) in [6.07, 6.45) is 1.86. The van der Waals surface area contributed by atoms with Crippen LogP contribution in [0.3, 0.4) is 0 Å².